The van der Waals surface area contributed by atoms with Gasteiger partial charge < -0.3 is 22.5 Å². The Balaban J connectivity index is 0.00000176. The molecule has 2 aromatic rings. The van der Waals surface area contributed by atoms with Crippen LogP contribution in [0.5, 0.6) is 0 Å². The predicted molar refractivity (Wildman–Crippen MR) is 83.4 cm³/mol. The van der Waals surface area contributed by atoms with Gasteiger partial charge in [-0.25, -0.2) is 0 Å². The van der Waals surface area contributed by atoms with Gasteiger partial charge in [0.15, 0.2) is 10.7 Å². The van der Waals surface area contributed by atoms with Crippen LogP contribution in [0.2, 0.25) is 5.02 Å². The quantitative estimate of drug-likeness (QED) is 0.720. The van der Waals surface area contributed by atoms with Crippen LogP contribution in [-0.4, -0.2) is 38.4 Å². The van der Waals surface area contributed by atoms with Crippen molar-refractivity contribution in [1.29, 1.82) is 0 Å². The molecule has 0 aliphatic carbocycles. The summed E-state index contributed by atoms with van der Waals surface area (Å²) in [5, 5.41) is 8.31. The number of anilines is 2. The number of rotatable bonds is 3. The molecule has 1 N–H and O–H groups in total. The lowest BCUT2D eigenvalue weighted by Gasteiger charge is -2.24. The summed E-state index contributed by atoms with van der Waals surface area (Å²) in [6.45, 7) is 3.02. The van der Waals surface area contributed by atoms with E-state index in [2.05, 4.69) is 15.3 Å². The average Bonchev–Trinajstić information content (AvgIpc) is 2.56. The molecule has 0 atom stereocenters. The summed E-state index contributed by atoms with van der Waals surface area (Å²) in [5.41, 5.74) is 1.81. The minimum absolute atomic E-state index is 0. The van der Waals surface area contributed by atoms with Crippen LogP contribution in [-0.2, 0) is 4.74 Å². The lowest BCUT2D eigenvalue weighted by atomic mass is 10.3. The van der Waals surface area contributed by atoms with E-state index in [1.807, 2.05) is 42.1 Å². The normalized spacial score (nSPS) is 14.4. The maximum atomic E-state index is 6.59. The maximum Gasteiger partial charge on any atom is 0.324 e. The third-order valence-corrected chi connectivity index (χ3v) is 3.89. The summed E-state index contributed by atoms with van der Waals surface area (Å²) < 4.78 is 7.32. The number of ether oxygens (including phenoxy) is 1. The zero-order chi connectivity index (χ0) is 14.7. The number of hydrogen-bond acceptors (Lipinski definition) is 4. The molecule has 118 valence electrons. The first-order chi connectivity index (χ1) is 10.3. The molecule has 1 aliphatic heterocycles. The van der Waals surface area contributed by atoms with Gasteiger partial charge in [0, 0.05) is 7.05 Å². The standard InChI is InChI=1S/C15H17ClN4O.ClH/c1-17-13-11-18-20(12-5-3-2-4-6-12)15(14(13)16)19-7-9-21-10-8-19;/h2-6,11H,7-10H2,1H3;1H. The molecule has 3 rings (SSSR count). The molecule has 1 aliphatic rings. The Hall–Kier alpha value is -1.56. The smallest absolute Gasteiger partial charge is 0.324 e. The summed E-state index contributed by atoms with van der Waals surface area (Å²) in [5.74, 6) is 0.901. The number of aromatic nitrogens is 2. The van der Waals surface area contributed by atoms with Gasteiger partial charge in [0.25, 0.3) is 0 Å². The van der Waals surface area contributed by atoms with Crippen molar-refractivity contribution in [2.45, 2.75) is 0 Å². The first-order valence-corrected chi connectivity index (χ1v) is 7.36. The van der Waals surface area contributed by atoms with Crippen LogP contribution >= 0.6 is 11.6 Å². The Morgan fingerprint density at radius 3 is 2.55 bits per heavy atom. The van der Waals surface area contributed by atoms with Crippen molar-refractivity contribution in [3.8, 4) is 5.69 Å². The number of halogens is 2. The maximum absolute atomic E-state index is 6.59. The van der Waals surface area contributed by atoms with E-state index in [0.717, 1.165) is 30.3 Å². The molecule has 2 heterocycles. The second-order valence-corrected chi connectivity index (χ2v) is 5.17. The van der Waals surface area contributed by atoms with Gasteiger partial charge in [-0.2, -0.15) is 0 Å². The van der Waals surface area contributed by atoms with Crippen LogP contribution < -0.4 is 27.3 Å². The van der Waals surface area contributed by atoms with Gasteiger partial charge in [-0.3, -0.25) is 4.90 Å². The molecule has 0 spiro atoms. The third-order valence-electron chi connectivity index (χ3n) is 3.52. The van der Waals surface area contributed by atoms with E-state index < -0.39 is 0 Å². The minimum atomic E-state index is 0. The third kappa shape index (κ3) is 3.27. The lowest BCUT2D eigenvalue weighted by Crippen LogP contribution is -3.00. The molecule has 0 saturated carbocycles. The van der Waals surface area contributed by atoms with Gasteiger partial charge in [0.1, 0.15) is 13.1 Å². The summed E-state index contributed by atoms with van der Waals surface area (Å²) in [6, 6.07) is 10.0. The van der Waals surface area contributed by atoms with E-state index in [1.165, 1.54) is 0 Å². The number of benzene rings is 1. The highest BCUT2D eigenvalue weighted by atomic mass is 35.5. The molecule has 1 aromatic carbocycles. The molecule has 0 radical (unpaired) electrons. The molecule has 7 heteroatoms. The van der Waals surface area contributed by atoms with Crippen LogP contribution in [0.15, 0.2) is 36.5 Å². The minimum Gasteiger partial charge on any atom is -1.00 e. The molecule has 0 amide bonds. The topological polar surface area (TPSA) is 41.3 Å². The summed E-state index contributed by atoms with van der Waals surface area (Å²) in [7, 11) is 1.85. The van der Waals surface area contributed by atoms with Gasteiger partial charge in [0.05, 0.1) is 25.1 Å². The van der Waals surface area contributed by atoms with Gasteiger partial charge in [-0.05, 0) is 12.1 Å². The van der Waals surface area contributed by atoms with Crippen molar-refractivity contribution in [1.82, 2.24) is 5.10 Å². The molecule has 1 fully saturated rings. The van der Waals surface area contributed by atoms with Crippen LogP contribution in [0.25, 0.3) is 5.69 Å². The number of morpholine rings is 1. The number of para-hydroxylation sites is 1. The Labute approximate surface area is 141 Å². The van der Waals surface area contributed by atoms with Crippen molar-refractivity contribution in [2.75, 3.05) is 43.6 Å². The average molecular weight is 341 g/mol. The number of nitrogens with one attached hydrogen (secondary N) is 1. The molecular formula is C15H18Cl2N4O. The highest BCUT2D eigenvalue weighted by molar-refractivity contribution is 6.35. The van der Waals surface area contributed by atoms with E-state index in [1.54, 1.807) is 6.20 Å². The van der Waals surface area contributed by atoms with Crippen molar-refractivity contribution >= 4 is 23.1 Å². The van der Waals surface area contributed by atoms with E-state index in [9.17, 15) is 0 Å². The Morgan fingerprint density at radius 2 is 1.91 bits per heavy atom. The van der Waals surface area contributed by atoms with E-state index in [0.29, 0.717) is 18.2 Å². The first-order valence-electron chi connectivity index (χ1n) is 6.98. The monoisotopic (exact) mass is 340 g/mol. The SMILES string of the molecule is CNc1cn[n+](-c2ccccc2)c(N2CCOCC2)c1Cl.[Cl-]. The highest BCUT2D eigenvalue weighted by Crippen LogP contribution is 2.29. The number of hydrogen-bond donors (Lipinski definition) is 1. The molecule has 5 nitrogen and oxygen atoms in total. The lowest BCUT2D eigenvalue weighted by molar-refractivity contribution is -0.647. The zero-order valence-electron chi connectivity index (χ0n) is 12.3. The second kappa shape index (κ2) is 7.63. The van der Waals surface area contributed by atoms with Crippen LogP contribution in [0.3, 0.4) is 0 Å². The zero-order valence-corrected chi connectivity index (χ0v) is 13.8. The Morgan fingerprint density at radius 1 is 1.23 bits per heavy atom. The summed E-state index contributed by atoms with van der Waals surface area (Å²) >= 11 is 6.59. The van der Waals surface area contributed by atoms with Crippen molar-refractivity contribution in [2.24, 2.45) is 0 Å². The van der Waals surface area contributed by atoms with Gasteiger partial charge >= 0.3 is 5.82 Å². The van der Waals surface area contributed by atoms with Crippen molar-refractivity contribution in [3.63, 3.8) is 0 Å². The Bertz CT molecular complexity index is 618. The van der Waals surface area contributed by atoms with Crippen LogP contribution in [0.4, 0.5) is 11.5 Å². The van der Waals surface area contributed by atoms with Crippen molar-refractivity contribution in [3.05, 3.63) is 41.6 Å². The van der Waals surface area contributed by atoms with Gasteiger partial charge in [-0.15, -0.1) is 0 Å². The van der Waals surface area contributed by atoms with Crippen LogP contribution in [0.1, 0.15) is 0 Å². The number of nitrogens with zero attached hydrogens (tertiary/aromatic N) is 3. The highest BCUT2D eigenvalue weighted by Gasteiger charge is 2.29. The summed E-state index contributed by atoms with van der Waals surface area (Å²) in [6.07, 6.45) is 1.75. The molecule has 1 saturated heterocycles. The fraction of sp³-hybridized carbons (Fsp3) is 0.333. The van der Waals surface area contributed by atoms with Crippen LogP contribution in [0, 0.1) is 0 Å². The molecule has 0 unspecified atom stereocenters. The predicted octanol–water partition coefficient (Wildman–Crippen LogP) is -1.11. The molecular weight excluding hydrogens is 323 g/mol. The summed E-state index contributed by atoms with van der Waals surface area (Å²) in [4.78, 5) is 2.21. The largest absolute Gasteiger partial charge is 1.00 e. The second-order valence-electron chi connectivity index (χ2n) is 4.79. The Kier molecular flexibility index (Phi) is 5.83. The fourth-order valence-corrected chi connectivity index (χ4v) is 2.76. The van der Waals surface area contributed by atoms with E-state index >= 15 is 0 Å². The molecule has 1 aromatic heterocycles. The van der Waals surface area contributed by atoms with Crippen molar-refractivity contribution < 1.29 is 21.8 Å². The molecule has 0 bridgehead atoms. The fourth-order valence-electron chi connectivity index (χ4n) is 2.42. The van der Waals surface area contributed by atoms with E-state index in [4.69, 9.17) is 16.3 Å². The van der Waals surface area contributed by atoms with E-state index in [-0.39, 0.29) is 12.4 Å². The first kappa shape index (κ1) is 16.8. The van der Waals surface area contributed by atoms with Gasteiger partial charge in [-0.1, -0.05) is 39.6 Å². The molecule has 22 heavy (non-hydrogen) atoms. The van der Waals surface area contributed by atoms with Gasteiger partial charge in [0.2, 0.25) is 0 Å².